The average molecular weight is 341 g/mol. The van der Waals surface area contributed by atoms with E-state index in [1.54, 1.807) is 0 Å². The molecule has 1 aliphatic carbocycles. The van der Waals surface area contributed by atoms with E-state index in [9.17, 15) is 4.79 Å². The van der Waals surface area contributed by atoms with E-state index >= 15 is 0 Å². The van der Waals surface area contributed by atoms with Gasteiger partial charge in [-0.3, -0.25) is 4.79 Å². The summed E-state index contributed by atoms with van der Waals surface area (Å²) in [4.78, 5) is 15.8. The highest BCUT2D eigenvalue weighted by molar-refractivity contribution is 9.25. The topological polar surface area (TPSA) is 24.8 Å². The van der Waals surface area contributed by atoms with Gasteiger partial charge in [0.05, 0.1) is 41.9 Å². The van der Waals surface area contributed by atoms with Crippen LogP contribution in [0, 0.1) is 5.41 Å². The number of nitrogens with zero attached hydrogens (tertiary/aromatic N) is 1. The zero-order valence-corrected chi connectivity index (χ0v) is 12.3. The number of likely N-dealkylation sites (N-methyl/N-ethyl adjacent to an activating group) is 1. The summed E-state index contributed by atoms with van der Waals surface area (Å²) >= 11 is 7.10. The van der Waals surface area contributed by atoms with Crippen molar-refractivity contribution in [2.75, 3.05) is 33.2 Å². The van der Waals surface area contributed by atoms with Gasteiger partial charge in [-0.15, -0.1) is 0 Å². The highest BCUT2D eigenvalue weighted by atomic mass is 79.9. The van der Waals surface area contributed by atoms with Crippen LogP contribution in [0.4, 0.5) is 0 Å². The van der Waals surface area contributed by atoms with Gasteiger partial charge in [0.25, 0.3) is 0 Å². The molecule has 2 aliphatic rings. The highest BCUT2D eigenvalue weighted by Crippen LogP contribution is 2.66. The standard InChI is InChI=1S/C10H16Br2N2O/c1-9(7-10(9,11)12)8(15)14-5-3-13(2)4-6-14/h3-7H2,1-2H3/p+1/t9-/m0/s1. The minimum atomic E-state index is -0.238. The zero-order chi connectivity index (χ0) is 11.3. The van der Waals surface area contributed by atoms with Crippen LogP contribution in [0.1, 0.15) is 13.3 Å². The summed E-state index contributed by atoms with van der Waals surface area (Å²) in [5, 5.41) is 0. The molecule has 1 heterocycles. The van der Waals surface area contributed by atoms with Crippen LogP contribution in [0.2, 0.25) is 0 Å². The third-order valence-electron chi connectivity index (χ3n) is 3.63. The summed E-state index contributed by atoms with van der Waals surface area (Å²) < 4.78 is -0.152. The summed E-state index contributed by atoms with van der Waals surface area (Å²) in [5.41, 5.74) is -0.238. The van der Waals surface area contributed by atoms with Crippen molar-refractivity contribution in [1.29, 1.82) is 0 Å². The third kappa shape index (κ3) is 1.98. The number of quaternary nitrogens is 1. The maximum Gasteiger partial charge on any atom is 0.231 e. The molecule has 0 aromatic carbocycles. The first-order valence-electron chi connectivity index (χ1n) is 5.35. The molecular weight excluding hydrogens is 324 g/mol. The second kappa shape index (κ2) is 3.70. The lowest BCUT2D eigenvalue weighted by Gasteiger charge is -2.32. The van der Waals surface area contributed by atoms with E-state index in [4.69, 9.17) is 0 Å². The van der Waals surface area contributed by atoms with Gasteiger partial charge in [-0.2, -0.15) is 0 Å². The second-order valence-corrected chi connectivity index (χ2v) is 8.73. The summed E-state index contributed by atoms with van der Waals surface area (Å²) in [5.74, 6) is 0.295. The molecule has 5 heteroatoms. The van der Waals surface area contributed by atoms with Gasteiger partial charge in [0.1, 0.15) is 0 Å². The number of carbonyl (C=O) groups is 1. The molecular formula is C10H17Br2N2O+. The smallest absolute Gasteiger partial charge is 0.231 e. The fourth-order valence-electron chi connectivity index (χ4n) is 2.07. The first-order chi connectivity index (χ1) is 6.87. The number of rotatable bonds is 1. The molecule has 1 amide bonds. The predicted octanol–water partition coefficient (Wildman–Crippen LogP) is 0.239. The highest BCUT2D eigenvalue weighted by Gasteiger charge is 2.67. The Kier molecular flexibility index (Phi) is 2.93. The fourth-order valence-corrected chi connectivity index (χ4v) is 3.53. The molecule has 2 fully saturated rings. The number of piperazine rings is 1. The molecule has 86 valence electrons. The van der Waals surface area contributed by atoms with Crippen LogP contribution in [0.15, 0.2) is 0 Å². The lowest BCUT2D eigenvalue weighted by atomic mass is 10.1. The minimum absolute atomic E-state index is 0.152. The summed E-state index contributed by atoms with van der Waals surface area (Å²) in [7, 11) is 2.18. The van der Waals surface area contributed by atoms with Gasteiger partial charge in [-0.05, 0) is 13.3 Å². The number of halogens is 2. The van der Waals surface area contributed by atoms with Crippen molar-refractivity contribution in [2.45, 2.75) is 16.6 Å². The van der Waals surface area contributed by atoms with Crippen LogP contribution in [-0.2, 0) is 4.79 Å². The Hall–Kier alpha value is 0.390. The van der Waals surface area contributed by atoms with Crippen molar-refractivity contribution >= 4 is 37.8 Å². The second-order valence-electron chi connectivity index (χ2n) is 4.96. The monoisotopic (exact) mass is 339 g/mol. The largest absolute Gasteiger partial charge is 0.334 e. The molecule has 0 unspecified atom stereocenters. The van der Waals surface area contributed by atoms with E-state index in [-0.39, 0.29) is 8.65 Å². The molecule has 1 saturated heterocycles. The van der Waals surface area contributed by atoms with Crippen LogP contribution in [0.3, 0.4) is 0 Å². The molecule has 1 saturated carbocycles. The van der Waals surface area contributed by atoms with Crippen molar-refractivity contribution in [3.8, 4) is 0 Å². The van der Waals surface area contributed by atoms with Gasteiger partial charge in [0.2, 0.25) is 5.91 Å². The molecule has 15 heavy (non-hydrogen) atoms. The molecule has 0 aromatic rings. The van der Waals surface area contributed by atoms with Crippen LogP contribution < -0.4 is 4.90 Å². The van der Waals surface area contributed by atoms with Crippen molar-refractivity contribution in [2.24, 2.45) is 5.41 Å². The Morgan fingerprint density at radius 2 is 1.80 bits per heavy atom. The number of nitrogens with one attached hydrogen (secondary N) is 1. The fraction of sp³-hybridized carbons (Fsp3) is 0.900. The molecule has 1 atom stereocenters. The number of hydrogen-bond acceptors (Lipinski definition) is 1. The SMILES string of the molecule is C[NH+]1CCN(C(=O)[C@]2(C)CC2(Br)Br)CC1. The van der Waals surface area contributed by atoms with Crippen molar-refractivity contribution in [3.63, 3.8) is 0 Å². The van der Waals surface area contributed by atoms with E-state index in [1.165, 1.54) is 4.90 Å². The van der Waals surface area contributed by atoms with E-state index in [0.717, 1.165) is 32.6 Å². The van der Waals surface area contributed by atoms with Gasteiger partial charge in [0.15, 0.2) is 0 Å². The Labute approximate surface area is 107 Å². The van der Waals surface area contributed by atoms with Gasteiger partial charge in [-0.1, -0.05) is 31.9 Å². The van der Waals surface area contributed by atoms with Crippen LogP contribution >= 0.6 is 31.9 Å². The number of hydrogen-bond donors (Lipinski definition) is 1. The molecule has 0 bridgehead atoms. The third-order valence-corrected chi connectivity index (χ3v) is 5.95. The van der Waals surface area contributed by atoms with Crippen LogP contribution in [0.5, 0.6) is 0 Å². The maximum absolute atomic E-state index is 12.3. The summed E-state index contributed by atoms with van der Waals surface area (Å²) in [6.07, 6.45) is 0.887. The molecule has 0 radical (unpaired) electrons. The van der Waals surface area contributed by atoms with E-state index in [2.05, 4.69) is 38.9 Å². The minimum Gasteiger partial charge on any atom is -0.334 e. The Morgan fingerprint density at radius 1 is 1.33 bits per heavy atom. The summed E-state index contributed by atoms with van der Waals surface area (Å²) in [6.45, 7) is 5.97. The van der Waals surface area contributed by atoms with Crippen molar-refractivity contribution in [1.82, 2.24) is 4.90 Å². The maximum atomic E-state index is 12.3. The van der Waals surface area contributed by atoms with Crippen LogP contribution in [-0.4, -0.2) is 47.3 Å². The number of carbonyl (C=O) groups excluding carboxylic acids is 1. The Morgan fingerprint density at radius 3 is 2.20 bits per heavy atom. The Balaban J connectivity index is 1.98. The van der Waals surface area contributed by atoms with Crippen molar-refractivity contribution < 1.29 is 9.69 Å². The Bertz CT molecular complexity index is 287. The van der Waals surface area contributed by atoms with Gasteiger partial charge in [0, 0.05) is 0 Å². The van der Waals surface area contributed by atoms with E-state index < -0.39 is 0 Å². The van der Waals surface area contributed by atoms with Crippen molar-refractivity contribution in [3.05, 3.63) is 0 Å². The van der Waals surface area contributed by atoms with Gasteiger partial charge >= 0.3 is 0 Å². The zero-order valence-electron chi connectivity index (χ0n) is 9.15. The quantitative estimate of drug-likeness (QED) is 0.679. The first-order valence-corrected chi connectivity index (χ1v) is 6.94. The number of alkyl halides is 2. The first kappa shape index (κ1) is 11.9. The lowest BCUT2D eigenvalue weighted by Crippen LogP contribution is -3.12. The normalized spacial score (nSPS) is 35.3. The predicted molar refractivity (Wildman–Crippen MR) is 66.5 cm³/mol. The van der Waals surface area contributed by atoms with Crippen LogP contribution in [0.25, 0.3) is 0 Å². The molecule has 0 aromatic heterocycles. The van der Waals surface area contributed by atoms with E-state index in [1.807, 2.05) is 11.8 Å². The molecule has 3 nitrogen and oxygen atoms in total. The average Bonchev–Trinajstić information content (AvgIpc) is 2.67. The van der Waals surface area contributed by atoms with Gasteiger partial charge in [-0.25, -0.2) is 0 Å². The number of amides is 1. The molecule has 2 rings (SSSR count). The van der Waals surface area contributed by atoms with E-state index in [0.29, 0.717) is 5.91 Å². The molecule has 1 aliphatic heterocycles. The molecule has 0 spiro atoms. The summed E-state index contributed by atoms with van der Waals surface area (Å²) in [6, 6.07) is 0. The van der Waals surface area contributed by atoms with Gasteiger partial charge < -0.3 is 9.80 Å². The molecule has 1 N–H and O–H groups in total. The lowest BCUT2D eigenvalue weighted by molar-refractivity contribution is -0.883.